The molecule has 2 heteroatoms. The summed E-state index contributed by atoms with van der Waals surface area (Å²) in [6.07, 6.45) is 4.97. The Morgan fingerprint density at radius 2 is 1.90 bits per heavy atom. The zero-order valence-corrected chi connectivity index (χ0v) is 13.5. The summed E-state index contributed by atoms with van der Waals surface area (Å²) in [6.45, 7) is 11.4. The van der Waals surface area contributed by atoms with E-state index in [2.05, 4.69) is 56.9 Å². The van der Waals surface area contributed by atoms with Crippen LogP contribution in [-0.2, 0) is 6.42 Å². The van der Waals surface area contributed by atoms with Crippen molar-refractivity contribution in [3.63, 3.8) is 0 Å². The molecule has 1 aliphatic heterocycles. The van der Waals surface area contributed by atoms with Crippen molar-refractivity contribution in [1.82, 2.24) is 4.90 Å². The van der Waals surface area contributed by atoms with Crippen molar-refractivity contribution >= 4 is 0 Å². The van der Waals surface area contributed by atoms with E-state index in [1.165, 1.54) is 12.0 Å². The first kappa shape index (κ1) is 15.4. The number of nitrogens with zero attached hydrogens (tertiary/aromatic N) is 1. The Bertz CT molecular complexity index is 414. The van der Waals surface area contributed by atoms with Crippen LogP contribution in [-0.4, -0.2) is 29.6 Å². The fourth-order valence-corrected chi connectivity index (χ4v) is 2.90. The monoisotopic (exact) mass is 275 g/mol. The summed E-state index contributed by atoms with van der Waals surface area (Å²) in [5, 5.41) is 0. The van der Waals surface area contributed by atoms with E-state index >= 15 is 0 Å². The molecule has 0 aliphatic carbocycles. The van der Waals surface area contributed by atoms with Crippen molar-refractivity contribution in [2.45, 2.75) is 65.0 Å². The number of benzene rings is 1. The third-order valence-electron chi connectivity index (χ3n) is 4.13. The highest BCUT2D eigenvalue weighted by atomic mass is 16.5. The van der Waals surface area contributed by atoms with Crippen LogP contribution in [0, 0.1) is 0 Å². The van der Waals surface area contributed by atoms with Crippen molar-refractivity contribution in [1.29, 1.82) is 0 Å². The minimum Gasteiger partial charge on any atom is -0.490 e. The lowest BCUT2D eigenvalue weighted by atomic mass is 9.99. The van der Waals surface area contributed by atoms with Crippen LogP contribution in [0.3, 0.4) is 0 Å². The standard InChI is InChI=1S/C18H29NO/c1-5-7-15-8-6-9-17(14-15)20-16-10-12-19(13-11-16)18(2,3)4/h6,8-9,14,16H,5,7,10-13H2,1-4H3. The van der Waals surface area contributed by atoms with Gasteiger partial charge in [-0.2, -0.15) is 0 Å². The average Bonchev–Trinajstić information content (AvgIpc) is 2.39. The van der Waals surface area contributed by atoms with Gasteiger partial charge in [-0.3, -0.25) is 4.90 Å². The summed E-state index contributed by atoms with van der Waals surface area (Å²) in [5.74, 6) is 1.05. The van der Waals surface area contributed by atoms with Crippen LogP contribution < -0.4 is 4.74 Å². The first-order valence-corrected chi connectivity index (χ1v) is 7.99. The van der Waals surface area contributed by atoms with Gasteiger partial charge in [0.2, 0.25) is 0 Å². The molecular formula is C18H29NO. The molecule has 0 unspecified atom stereocenters. The van der Waals surface area contributed by atoms with Crippen molar-refractivity contribution in [3.05, 3.63) is 29.8 Å². The third kappa shape index (κ3) is 4.24. The molecule has 20 heavy (non-hydrogen) atoms. The van der Waals surface area contributed by atoms with Gasteiger partial charge in [0, 0.05) is 18.6 Å². The topological polar surface area (TPSA) is 12.5 Å². The molecule has 0 saturated carbocycles. The molecule has 0 N–H and O–H groups in total. The lowest BCUT2D eigenvalue weighted by Crippen LogP contribution is -2.48. The van der Waals surface area contributed by atoms with E-state index in [9.17, 15) is 0 Å². The van der Waals surface area contributed by atoms with Gasteiger partial charge in [0.25, 0.3) is 0 Å². The average molecular weight is 275 g/mol. The van der Waals surface area contributed by atoms with Crippen molar-refractivity contribution in [3.8, 4) is 5.75 Å². The van der Waals surface area contributed by atoms with Crippen molar-refractivity contribution < 1.29 is 4.74 Å². The highest BCUT2D eigenvalue weighted by Gasteiger charge is 2.27. The van der Waals surface area contributed by atoms with Crippen LogP contribution in [0.25, 0.3) is 0 Å². The summed E-state index contributed by atoms with van der Waals surface area (Å²) in [5.41, 5.74) is 1.67. The fraction of sp³-hybridized carbons (Fsp3) is 0.667. The third-order valence-corrected chi connectivity index (χ3v) is 4.13. The number of aryl methyl sites for hydroxylation is 1. The molecule has 0 atom stereocenters. The van der Waals surface area contributed by atoms with Crippen LogP contribution >= 0.6 is 0 Å². The summed E-state index contributed by atoms with van der Waals surface area (Å²) in [6, 6.07) is 8.61. The SMILES string of the molecule is CCCc1cccc(OC2CCN(C(C)(C)C)CC2)c1. The lowest BCUT2D eigenvalue weighted by molar-refractivity contribution is 0.0491. The zero-order chi connectivity index (χ0) is 14.6. The maximum Gasteiger partial charge on any atom is 0.119 e. The van der Waals surface area contributed by atoms with E-state index in [4.69, 9.17) is 4.74 Å². The van der Waals surface area contributed by atoms with E-state index in [0.717, 1.165) is 38.1 Å². The predicted octanol–water partition coefficient (Wildman–Crippen LogP) is 4.28. The Morgan fingerprint density at radius 3 is 2.50 bits per heavy atom. The number of hydrogen-bond donors (Lipinski definition) is 0. The van der Waals surface area contributed by atoms with E-state index in [0.29, 0.717) is 6.10 Å². The molecule has 1 fully saturated rings. The molecule has 0 spiro atoms. The van der Waals surface area contributed by atoms with Crippen molar-refractivity contribution in [2.75, 3.05) is 13.1 Å². The summed E-state index contributed by atoms with van der Waals surface area (Å²) in [7, 11) is 0. The summed E-state index contributed by atoms with van der Waals surface area (Å²) < 4.78 is 6.18. The van der Waals surface area contributed by atoms with E-state index in [1.54, 1.807) is 0 Å². The molecule has 1 heterocycles. The Hall–Kier alpha value is -1.02. The second kappa shape index (κ2) is 6.62. The Morgan fingerprint density at radius 1 is 1.20 bits per heavy atom. The quantitative estimate of drug-likeness (QED) is 0.813. The second-order valence-corrected chi connectivity index (χ2v) is 6.87. The largest absolute Gasteiger partial charge is 0.490 e. The van der Waals surface area contributed by atoms with Gasteiger partial charge in [-0.15, -0.1) is 0 Å². The van der Waals surface area contributed by atoms with Gasteiger partial charge in [-0.1, -0.05) is 25.5 Å². The number of likely N-dealkylation sites (tertiary alicyclic amines) is 1. The molecule has 1 aromatic carbocycles. The Balaban J connectivity index is 1.88. The van der Waals surface area contributed by atoms with Gasteiger partial charge in [0.05, 0.1) is 0 Å². The molecule has 1 aromatic rings. The molecule has 2 nitrogen and oxygen atoms in total. The first-order valence-electron chi connectivity index (χ1n) is 7.99. The lowest BCUT2D eigenvalue weighted by Gasteiger charge is -2.40. The maximum absolute atomic E-state index is 6.18. The number of piperidine rings is 1. The van der Waals surface area contributed by atoms with Crippen LogP contribution in [0.1, 0.15) is 52.5 Å². The van der Waals surface area contributed by atoms with Gasteiger partial charge in [0.15, 0.2) is 0 Å². The van der Waals surface area contributed by atoms with E-state index in [1.807, 2.05) is 0 Å². The van der Waals surface area contributed by atoms with Gasteiger partial charge in [-0.25, -0.2) is 0 Å². The molecule has 0 radical (unpaired) electrons. The summed E-state index contributed by atoms with van der Waals surface area (Å²) >= 11 is 0. The number of rotatable bonds is 4. The molecule has 1 saturated heterocycles. The van der Waals surface area contributed by atoms with Crippen LogP contribution in [0.15, 0.2) is 24.3 Å². The molecule has 0 amide bonds. The van der Waals surface area contributed by atoms with Gasteiger partial charge < -0.3 is 4.74 Å². The second-order valence-electron chi connectivity index (χ2n) is 6.87. The maximum atomic E-state index is 6.18. The Labute approximate surface area is 124 Å². The van der Waals surface area contributed by atoms with E-state index in [-0.39, 0.29) is 5.54 Å². The highest BCUT2D eigenvalue weighted by Crippen LogP contribution is 2.24. The Kier molecular flexibility index (Phi) is 5.09. The molecule has 2 rings (SSSR count). The summed E-state index contributed by atoms with van der Waals surface area (Å²) in [4.78, 5) is 2.56. The number of ether oxygens (including phenoxy) is 1. The highest BCUT2D eigenvalue weighted by molar-refractivity contribution is 5.28. The first-order chi connectivity index (χ1) is 9.49. The van der Waals surface area contributed by atoms with Gasteiger partial charge in [0.1, 0.15) is 11.9 Å². The number of hydrogen-bond acceptors (Lipinski definition) is 2. The smallest absolute Gasteiger partial charge is 0.119 e. The van der Waals surface area contributed by atoms with Crippen LogP contribution in [0.2, 0.25) is 0 Å². The molecule has 0 aromatic heterocycles. The normalized spacial score (nSPS) is 18.2. The van der Waals surface area contributed by atoms with Crippen molar-refractivity contribution in [2.24, 2.45) is 0 Å². The fourth-order valence-electron chi connectivity index (χ4n) is 2.90. The minimum atomic E-state index is 0.284. The molecule has 112 valence electrons. The molecule has 1 aliphatic rings. The predicted molar refractivity (Wildman–Crippen MR) is 85.4 cm³/mol. The van der Waals surface area contributed by atoms with Crippen LogP contribution in [0.5, 0.6) is 5.75 Å². The van der Waals surface area contributed by atoms with Gasteiger partial charge >= 0.3 is 0 Å². The molecular weight excluding hydrogens is 246 g/mol. The molecule has 0 bridgehead atoms. The van der Waals surface area contributed by atoms with E-state index < -0.39 is 0 Å². The van der Waals surface area contributed by atoms with Gasteiger partial charge in [-0.05, 0) is 57.7 Å². The minimum absolute atomic E-state index is 0.284. The van der Waals surface area contributed by atoms with Crippen LogP contribution in [0.4, 0.5) is 0 Å². The zero-order valence-electron chi connectivity index (χ0n) is 13.5.